The molecule has 0 aliphatic rings. The van der Waals surface area contributed by atoms with Gasteiger partial charge in [-0.25, -0.2) is 0 Å². The van der Waals surface area contributed by atoms with Gasteiger partial charge in [0.2, 0.25) is 0 Å². The van der Waals surface area contributed by atoms with Crippen molar-refractivity contribution >= 4 is 27.6 Å². The summed E-state index contributed by atoms with van der Waals surface area (Å²) in [5, 5.41) is 11.8. The number of hydrogen-bond acceptors (Lipinski definition) is 3. The van der Waals surface area contributed by atoms with Crippen molar-refractivity contribution in [3.63, 3.8) is 0 Å². The third-order valence-corrected chi connectivity index (χ3v) is 2.89. The van der Waals surface area contributed by atoms with Gasteiger partial charge in [-0.2, -0.15) is 0 Å². The summed E-state index contributed by atoms with van der Waals surface area (Å²) in [6.45, 7) is 2.02. The van der Waals surface area contributed by atoms with Crippen LogP contribution in [0.1, 0.15) is 12.5 Å². The van der Waals surface area contributed by atoms with Gasteiger partial charge in [-0.3, -0.25) is 4.79 Å². The maximum absolute atomic E-state index is 10.8. The van der Waals surface area contributed by atoms with Gasteiger partial charge in [-0.05, 0) is 19.1 Å². The van der Waals surface area contributed by atoms with Crippen molar-refractivity contribution in [1.82, 2.24) is 0 Å². The molecule has 0 bridgehead atoms. The molecule has 5 heteroatoms. The largest absolute Gasteiger partial charge is 0.480 e. The van der Waals surface area contributed by atoms with Crippen LogP contribution in [0.3, 0.4) is 0 Å². The molecular formula is C11H14BrNO3. The lowest BCUT2D eigenvalue weighted by Gasteiger charge is -2.15. The molecular weight excluding hydrogens is 274 g/mol. The number of ether oxygens (including phenoxy) is 1. The van der Waals surface area contributed by atoms with E-state index in [0.717, 1.165) is 15.7 Å². The van der Waals surface area contributed by atoms with Crippen molar-refractivity contribution < 1.29 is 14.6 Å². The lowest BCUT2D eigenvalue weighted by Crippen LogP contribution is -2.26. The van der Waals surface area contributed by atoms with Crippen LogP contribution < -0.4 is 5.32 Å². The van der Waals surface area contributed by atoms with E-state index in [9.17, 15) is 4.79 Å². The molecule has 0 heterocycles. The highest BCUT2D eigenvalue weighted by Crippen LogP contribution is 2.26. The highest BCUT2D eigenvalue weighted by atomic mass is 79.9. The number of benzene rings is 1. The summed E-state index contributed by atoms with van der Waals surface area (Å²) in [5.41, 5.74) is 1.68. The van der Waals surface area contributed by atoms with Crippen LogP contribution in [0, 0.1) is 0 Å². The van der Waals surface area contributed by atoms with Gasteiger partial charge in [0.15, 0.2) is 0 Å². The average molecular weight is 288 g/mol. The molecule has 2 N–H and O–H groups in total. The van der Waals surface area contributed by atoms with Crippen LogP contribution in [0.15, 0.2) is 22.7 Å². The first-order valence-corrected chi connectivity index (χ1v) is 5.61. The predicted octanol–water partition coefficient (Wildman–Crippen LogP) is 2.48. The van der Waals surface area contributed by atoms with Gasteiger partial charge < -0.3 is 15.2 Å². The molecule has 0 radical (unpaired) electrons. The minimum Gasteiger partial charge on any atom is -0.480 e. The van der Waals surface area contributed by atoms with Crippen LogP contribution in [0.4, 0.5) is 5.69 Å². The zero-order valence-corrected chi connectivity index (χ0v) is 10.7. The van der Waals surface area contributed by atoms with Crippen molar-refractivity contribution in [2.45, 2.75) is 19.6 Å². The molecule has 1 unspecified atom stereocenters. The minimum atomic E-state index is -0.886. The lowest BCUT2D eigenvalue weighted by molar-refractivity contribution is -0.137. The van der Waals surface area contributed by atoms with Gasteiger partial charge in [0.05, 0.1) is 6.61 Å². The average Bonchev–Trinajstić information content (AvgIpc) is 2.23. The molecule has 16 heavy (non-hydrogen) atoms. The third kappa shape index (κ3) is 3.21. The summed E-state index contributed by atoms with van der Waals surface area (Å²) in [7, 11) is 1.60. The van der Waals surface area contributed by atoms with E-state index in [4.69, 9.17) is 9.84 Å². The molecule has 0 fully saturated rings. The Bertz CT molecular complexity index is 381. The van der Waals surface area contributed by atoms with E-state index in [0.29, 0.717) is 6.61 Å². The molecule has 1 rings (SSSR count). The van der Waals surface area contributed by atoms with Crippen molar-refractivity contribution in [3.8, 4) is 0 Å². The summed E-state index contributed by atoms with van der Waals surface area (Å²) in [6.07, 6.45) is 0. The molecule has 4 nitrogen and oxygen atoms in total. The molecule has 0 saturated heterocycles. The fraction of sp³-hybridized carbons (Fsp3) is 0.364. The highest BCUT2D eigenvalue weighted by Gasteiger charge is 2.13. The Hall–Kier alpha value is -1.07. The maximum atomic E-state index is 10.8. The number of aliphatic carboxylic acids is 1. The number of halogens is 1. The Balaban J connectivity index is 2.94. The Morgan fingerprint density at radius 2 is 2.31 bits per heavy atom. The number of anilines is 1. The molecule has 1 atom stereocenters. The smallest absolute Gasteiger partial charge is 0.325 e. The molecule has 88 valence electrons. The van der Waals surface area contributed by atoms with Crippen molar-refractivity contribution in [3.05, 3.63) is 28.2 Å². The molecule has 0 spiro atoms. The van der Waals surface area contributed by atoms with Gasteiger partial charge >= 0.3 is 5.97 Å². The van der Waals surface area contributed by atoms with Crippen LogP contribution in [0.2, 0.25) is 0 Å². The first kappa shape index (κ1) is 13.0. The Kier molecular flexibility index (Phi) is 4.76. The van der Waals surface area contributed by atoms with Crippen molar-refractivity contribution in [2.75, 3.05) is 12.4 Å². The predicted molar refractivity (Wildman–Crippen MR) is 65.6 cm³/mol. The first-order valence-electron chi connectivity index (χ1n) is 4.82. The molecule has 1 aromatic rings. The van der Waals surface area contributed by atoms with E-state index in [1.807, 2.05) is 18.2 Å². The topological polar surface area (TPSA) is 58.6 Å². The summed E-state index contributed by atoms with van der Waals surface area (Å²) < 4.78 is 5.97. The quantitative estimate of drug-likeness (QED) is 0.874. The second kappa shape index (κ2) is 5.86. The van der Waals surface area contributed by atoms with Crippen molar-refractivity contribution in [2.24, 2.45) is 0 Å². The van der Waals surface area contributed by atoms with Crippen LogP contribution in [-0.2, 0) is 16.1 Å². The molecule has 0 saturated carbocycles. The Morgan fingerprint density at radius 3 is 2.88 bits per heavy atom. The van der Waals surface area contributed by atoms with Crippen LogP contribution in [0.5, 0.6) is 0 Å². The van der Waals surface area contributed by atoms with Crippen LogP contribution >= 0.6 is 15.9 Å². The molecule has 0 aliphatic heterocycles. The SMILES string of the molecule is COCc1c(Br)cccc1NC(C)C(=O)O. The first-order chi connectivity index (χ1) is 7.56. The second-order valence-corrected chi connectivity index (χ2v) is 4.26. The van der Waals surface area contributed by atoms with E-state index in [-0.39, 0.29) is 0 Å². The van der Waals surface area contributed by atoms with Gasteiger partial charge in [0, 0.05) is 22.8 Å². The zero-order chi connectivity index (χ0) is 12.1. The van der Waals surface area contributed by atoms with Gasteiger partial charge in [0.25, 0.3) is 0 Å². The number of carboxylic acid groups (broad SMARTS) is 1. The fourth-order valence-electron chi connectivity index (χ4n) is 1.28. The summed E-state index contributed by atoms with van der Waals surface area (Å²) in [4.78, 5) is 10.8. The molecule has 0 amide bonds. The van der Waals surface area contributed by atoms with Crippen LogP contribution in [0.25, 0.3) is 0 Å². The summed E-state index contributed by atoms with van der Waals surface area (Å²) >= 11 is 3.41. The monoisotopic (exact) mass is 287 g/mol. The number of rotatable bonds is 5. The van der Waals surface area contributed by atoms with Crippen LogP contribution in [-0.4, -0.2) is 24.2 Å². The Labute approximate surface area is 103 Å². The lowest BCUT2D eigenvalue weighted by atomic mass is 10.1. The van der Waals surface area contributed by atoms with Gasteiger partial charge in [0.1, 0.15) is 6.04 Å². The van der Waals surface area contributed by atoms with Gasteiger partial charge in [-0.1, -0.05) is 22.0 Å². The van der Waals surface area contributed by atoms with Crippen molar-refractivity contribution in [1.29, 1.82) is 0 Å². The van der Waals surface area contributed by atoms with E-state index in [2.05, 4.69) is 21.2 Å². The number of methoxy groups -OCH3 is 1. The Morgan fingerprint density at radius 1 is 1.62 bits per heavy atom. The van der Waals surface area contributed by atoms with E-state index in [1.54, 1.807) is 14.0 Å². The summed E-state index contributed by atoms with van der Waals surface area (Å²) in [6, 6.07) is 4.94. The molecule has 0 aliphatic carbocycles. The number of carbonyl (C=O) groups is 1. The third-order valence-electron chi connectivity index (χ3n) is 2.15. The highest BCUT2D eigenvalue weighted by molar-refractivity contribution is 9.10. The van der Waals surface area contributed by atoms with E-state index in [1.165, 1.54) is 0 Å². The normalized spacial score (nSPS) is 12.2. The zero-order valence-electron chi connectivity index (χ0n) is 9.16. The number of hydrogen-bond donors (Lipinski definition) is 2. The number of carboxylic acids is 1. The molecule has 0 aromatic heterocycles. The second-order valence-electron chi connectivity index (χ2n) is 3.40. The summed E-state index contributed by atoms with van der Waals surface area (Å²) in [5.74, 6) is -0.886. The van der Waals surface area contributed by atoms with E-state index >= 15 is 0 Å². The standard InChI is InChI=1S/C11H14BrNO3/c1-7(11(14)15)13-10-5-3-4-9(12)8(10)6-16-2/h3-5,7,13H,6H2,1-2H3,(H,14,15). The molecule has 1 aromatic carbocycles. The van der Waals surface area contributed by atoms with Gasteiger partial charge in [-0.15, -0.1) is 0 Å². The maximum Gasteiger partial charge on any atom is 0.325 e. The minimum absolute atomic E-state index is 0.427. The number of nitrogens with one attached hydrogen (secondary N) is 1. The van der Waals surface area contributed by atoms with E-state index < -0.39 is 12.0 Å². The fourth-order valence-corrected chi connectivity index (χ4v) is 1.76.